The van der Waals surface area contributed by atoms with Gasteiger partial charge in [-0.15, -0.1) is 0 Å². The van der Waals surface area contributed by atoms with E-state index in [1.807, 2.05) is 6.26 Å². The maximum absolute atomic E-state index is 13.1. The number of benzene rings is 1. The van der Waals surface area contributed by atoms with Crippen molar-refractivity contribution in [2.24, 2.45) is 11.8 Å². The summed E-state index contributed by atoms with van der Waals surface area (Å²) in [4.78, 5) is 39.7. The second-order valence-electron chi connectivity index (χ2n) is 7.34. The van der Waals surface area contributed by atoms with Crippen LogP contribution in [0.3, 0.4) is 0 Å². The number of nitrogens with zero attached hydrogens (tertiary/aromatic N) is 1. The van der Waals surface area contributed by atoms with E-state index in [-0.39, 0.29) is 24.1 Å². The molecule has 1 aromatic rings. The molecule has 8 heteroatoms. The molecule has 0 radical (unpaired) electrons. The van der Waals surface area contributed by atoms with Crippen LogP contribution in [-0.2, 0) is 14.4 Å². The minimum atomic E-state index is -1.54. The lowest BCUT2D eigenvalue weighted by molar-refractivity contribution is -0.152. The minimum Gasteiger partial charge on any atom is -0.508 e. The van der Waals surface area contributed by atoms with E-state index in [9.17, 15) is 24.6 Å². The van der Waals surface area contributed by atoms with E-state index in [2.05, 4.69) is 5.32 Å². The van der Waals surface area contributed by atoms with Crippen molar-refractivity contribution in [2.45, 2.75) is 37.9 Å². The fourth-order valence-electron chi connectivity index (χ4n) is 4.35. The maximum atomic E-state index is 13.1. The van der Waals surface area contributed by atoms with E-state index in [1.54, 1.807) is 32.0 Å². The lowest BCUT2D eigenvalue weighted by atomic mass is 9.78. The number of para-hydroxylation sites is 1. The van der Waals surface area contributed by atoms with Gasteiger partial charge in [-0.25, -0.2) is 0 Å². The van der Waals surface area contributed by atoms with Crippen LogP contribution in [0, 0.1) is 11.8 Å². The monoisotopic (exact) mass is 392 g/mol. The van der Waals surface area contributed by atoms with Gasteiger partial charge >= 0.3 is 5.97 Å². The van der Waals surface area contributed by atoms with Crippen molar-refractivity contribution >= 4 is 29.5 Å². The van der Waals surface area contributed by atoms with Gasteiger partial charge in [0.1, 0.15) is 11.3 Å². The Morgan fingerprint density at radius 2 is 1.96 bits per heavy atom. The number of carboxylic acid groups (broad SMARTS) is 1. The number of aromatic hydroxyl groups is 1. The number of nitrogens with one attached hydrogen (secondary N) is 1. The fraction of sp³-hybridized carbons (Fsp3) is 0.526. The highest BCUT2D eigenvalue weighted by Gasteiger charge is 2.68. The average Bonchev–Trinajstić information content (AvgIpc) is 3.08. The van der Waals surface area contributed by atoms with Crippen molar-refractivity contribution in [1.82, 2.24) is 10.2 Å². The third kappa shape index (κ3) is 2.91. The van der Waals surface area contributed by atoms with Gasteiger partial charge in [-0.1, -0.05) is 18.2 Å². The summed E-state index contributed by atoms with van der Waals surface area (Å²) in [5.41, 5.74) is -1.11. The van der Waals surface area contributed by atoms with Crippen LogP contribution in [0.4, 0.5) is 0 Å². The van der Waals surface area contributed by atoms with Crippen molar-refractivity contribution in [2.75, 3.05) is 12.0 Å². The molecule has 0 unspecified atom stereocenters. The number of thioether (sulfide) groups is 1. The molecule has 2 fully saturated rings. The molecule has 2 amide bonds. The standard InChI is InChI=1S/C19H24N2O5S/c1-10(2)21-16(23)13-14(17(21)24)19(18(25)26,8-9-27-3)20-15(13)11-6-4-5-7-12(11)22/h4-7,10,13-15,20,22H,8-9H2,1-3H3,(H,25,26)/t13-,14+,15+,19-/m0/s1. The molecular formula is C19H24N2O5S. The highest BCUT2D eigenvalue weighted by Crippen LogP contribution is 2.51. The topological polar surface area (TPSA) is 107 Å². The summed E-state index contributed by atoms with van der Waals surface area (Å²) in [5.74, 6) is -3.33. The number of aliphatic carboxylic acids is 1. The lowest BCUT2D eigenvalue weighted by Crippen LogP contribution is -2.56. The van der Waals surface area contributed by atoms with Gasteiger partial charge < -0.3 is 10.2 Å². The number of hydrogen-bond donors (Lipinski definition) is 3. The number of carbonyl (C=O) groups is 3. The molecule has 0 spiro atoms. The Bertz CT molecular complexity index is 783. The number of phenolic OH excluding ortho intramolecular Hbond substituents is 1. The van der Waals surface area contributed by atoms with E-state index in [4.69, 9.17) is 0 Å². The van der Waals surface area contributed by atoms with Crippen LogP contribution in [0.5, 0.6) is 5.75 Å². The summed E-state index contributed by atoms with van der Waals surface area (Å²) < 4.78 is 0. The Kier molecular flexibility index (Phi) is 5.22. The van der Waals surface area contributed by atoms with Crippen molar-refractivity contribution in [3.8, 4) is 5.75 Å². The predicted octanol–water partition coefficient (Wildman–Crippen LogP) is 1.62. The van der Waals surface area contributed by atoms with E-state index in [0.29, 0.717) is 11.3 Å². The van der Waals surface area contributed by atoms with E-state index in [1.165, 1.54) is 22.7 Å². The minimum absolute atomic E-state index is 0.0250. The van der Waals surface area contributed by atoms with E-state index in [0.717, 1.165) is 0 Å². The zero-order valence-corrected chi connectivity index (χ0v) is 16.3. The van der Waals surface area contributed by atoms with Crippen LogP contribution >= 0.6 is 11.8 Å². The van der Waals surface area contributed by atoms with Crippen LogP contribution in [0.15, 0.2) is 24.3 Å². The first kappa shape index (κ1) is 19.7. The molecule has 27 heavy (non-hydrogen) atoms. The highest BCUT2D eigenvalue weighted by molar-refractivity contribution is 7.98. The third-order valence-corrected chi connectivity index (χ3v) is 6.17. The summed E-state index contributed by atoms with van der Waals surface area (Å²) >= 11 is 1.49. The van der Waals surface area contributed by atoms with Gasteiger partial charge in [-0.3, -0.25) is 24.6 Å². The zero-order valence-electron chi connectivity index (χ0n) is 15.5. The normalized spacial score (nSPS) is 30.2. The molecule has 3 N–H and O–H groups in total. The molecule has 146 valence electrons. The van der Waals surface area contributed by atoms with Crippen molar-refractivity contribution < 1.29 is 24.6 Å². The number of likely N-dealkylation sites (tertiary alicyclic amines) is 1. The zero-order chi connectivity index (χ0) is 19.9. The van der Waals surface area contributed by atoms with Gasteiger partial charge in [0.25, 0.3) is 0 Å². The molecule has 3 rings (SSSR count). The third-order valence-electron chi connectivity index (χ3n) is 5.56. The molecule has 2 heterocycles. The first-order chi connectivity index (χ1) is 12.8. The van der Waals surface area contributed by atoms with Crippen LogP contribution in [0.25, 0.3) is 0 Å². The second-order valence-corrected chi connectivity index (χ2v) is 8.33. The number of amides is 2. The predicted molar refractivity (Wildman–Crippen MR) is 101 cm³/mol. The molecule has 1 aromatic carbocycles. The number of carboxylic acids is 1. The van der Waals surface area contributed by atoms with Crippen LogP contribution in [-0.4, -0.2) is 56.5 Å². The van der Waals surface area contributed by atoms with Gasteiger partial charge in [-0.05, 0) is 38.3 Å². The number of rotatable bonds is 6. The maximum Gasteiger partial charge on any atom is 0.324 e. The number of carbonyl (C=O) groups excluding carboxylic acids is 2. The molecule has 4 atom stereocenters. The van der Waals surface area contributed by atoms with E-state index >= 15 is 0 Å². The van der Waals surface area contributed by atoms with Crippen molar-refractivity contribution in [3.05, 3.63) is 29.8 Å². The average molecular weight is 392 g/mol. The quantitative estimate of drug-likeness (QED) is 0.632. The summed E-state index contributed by atoms with van der Waals surface area (Å²) in [6.45, 7) is 3.48. The Balaban J connectivity index is 2.16. The first-order valence-corrected chi connectivity index (χ1v) is 10.3. The smallest absolute Gasteiger partial charge is 0.324 e. The van der Waals surface area contributed by atoms with Gasteiger partial charge in [0.15, 0.2) is 0 Å². The largest absolute Gasteiger partial charge is 0.508 e. The molecule has 0 aromatic heterocycles. The van der Waals surface area contributed by atoms with Crippen molar-refractivity contribution in [1.29, 1.82) is 0 Å². The van der Waals surface area contributed by atoms with Crippen LogP contribution in [0.1, 0.15) is 31.9 Å². The number of phenols is 1. The molecule has 2 saturated heterocycles. The lowest BCUT2D eigenvalue weighted by Gasteiger charge is -2.32. The summed E-state index contributed by atoms with van der Waals surface area (Å²) in [6, 6.07) is 5.44. The van der Waals surface area contributed by atoms with Gasteiger partial charge in [0.05, 0.1) is 11.8 Å². The Morgan fingerprint density at radius 1 is 1.30 bits per heavy atom. The fourth-order valence-corrected chi connectivity index (χ4v) is 4.87. The number of hydrogen-bond acceptors (Lipinski definition) is 6. The molecule has 0 aliphatic carbocycles. The van der Waals surface area contributed by atoms with Crippen molar-refractivity contribution in [3.63, 3.8) is 0 Å². The molecule has 2 aliphatic heterocycles. The van der Waals surface area contributed by atoms with Crippen LogP contribution < -0.4 is 5.32 Å². The number of imide groups is 1. The van der Waals surface area contributed by atoms with Crippen LogP contribution in [0.2, 0.25) is 0 Å². The number of fused-ring (bicyclic) bond motifs is 1. The second kappa shape index (κ2) is 7.16. The Hall–Kier alpha value is -2.06. The highest BCUT2D eigenvalue weighted by atomic mass is 32.2. The van der Waals surface area contributed by atoms with Gasteiger partial charge in [0.2, 0.25) is 11.8 Å². The Morgan fingerprint density at radius 3 is 2.52 bits per heavy atom. The summed E-state index contributed by atoms with van der Waals surface area (Å²) in [7, 11) is 0. The Labute approximate surface area is 162 Å². The molecule has 7 nitrogen and oxygen atoms in total. The van der Waals surface area contributed by atoms with Gasteiger partial charge in [0, 0.05) is 17.6 Å². The molecule has 0 bridgehead atoms. The molecular weight excluding hydrogens is 368 g/mol. The molecule has 0 saturated carbocycles. The summed E-state index contributed by atoms with van der Waals surface area (Å²) in [6.07, 6.45) is 2.07. The first-order valence-electron chi connectivity index (χ1n) is 8.91. The SMILES string of the molecule is CSCC[C@]1(C(=O)O)N[C@H](c2ccccc2O)[C@H]2C(=O)N(C(C)C)C(=O)[C@@H]21. The summed E-state index contributed by atoms with van der Waals surface area (Å²) in [5, 5.41) is 23.5. The van der Waals surface area contributed by atoms with E-state index < -0.39 is 35.3 Å². The molecule has 2 aliphatic rings. The van der Waals surface area contributed by atoms with Gasteiger partial charge in [-0.2, -0.15) is 11.8 Å².